The molecule has 0 bridgehead atoms. The number of hydroxylamine groups is 2. The van der Waals surface area contributed by atoms with E-state index >= 15 is 0 Å². The van der Waals surface area contributed by atoms with Crippen LogP contribution in [0.4, 0.5) is 0 Å². The van der Waals surface area contributed by atoms with Crippen LogP contribution in [0.2, 0.25) is 0 Å². The highest BCUT2D eigenvalue weighted by Crippen LogP contribution is 2.27. The van der Waals surface area contributed by atoms with E-state index in [9.17, 15) is 13.2 Å². The summed E-state index contributed by atoms with van der Waals surface area (Å²) in [6.07, 6.45) is 0. The van der Waals surface area contributed by atoms with Crippen LogP contribution in [0.1, 0.15) is 16.1 Å². The molecule has 0 atom stereocenters. The molecule has 1 heterocycles. The fourth-order valence-corrected chi connectivity index (χ4v) is 3.98. The number of rotatable bonds is 5. The summed E-state index contributed by atoms with van der Waals surface area (Å²) in [4.78, 5) is 17.4. The van der Waals surface area contributed by atoms with E-state index in [2.05, 4.69) is 5.10 Å². The summed E-state index contributed by atoms with van der Waals surface area (Å²) in [7, 11) is 0.191. The van der Waals surface area contributed by atoms with Crippen LogP contribution in [-0.4, -0.2) is 49.8 Å². The van der Waals surface area contributed by atoms with Crippen molar-refractivity contribution in [1.82, 2.24) is 14.2 Å². The number of hydrogen-bond donors (Lipinski definition) is 0. The number of aryl methyl sites for hydroxylation is 1. The fraction of sp³-hybridized carbons (Fsp3) is 0.222. The molecule has 3 aromatic rings. The number of carbonyl (C=O) groups excluding carboxylic acids is 1. The minimum absolute atomic E-state index is 0.0114. The zero-order valence-electron chi connectivity index (χ0n) is 15.3. The molecule has 0 saturated heterocycles. The molecule has 0 saturated carbocycles. The van der Waals surface area contributed by atoms with Crippen molar-refractivity contribution >= 4 is 26.8 Å². The lowest BCUT2D eigenvalue weighted by atomic mass is 10.2. The van der Waals surface area contributed by atoms with E-state index in [1.807, 2.05) is 6.92 Å². The molecule has 1 aromatic heterocycles. The Hall–Kier alpha value is -2.91. The molecule has 9 heteroatoms. The van der Waals surface area contributed by atoms with Crippen LogP contribution in [-0.2, 0) is 14.9 Å². The Balaban J connectivity index is 2.24. The monoisotopic (exact) mass is 389 g/mol. The molecule has 142 valence electrons. The third-order valence-corrected chi connectivity index (χ3v) is 5.81. The van der Waals surface area contributed by atoms with Gasteiger partial charge in [-0.25, -0.2) is 5.06 Å². The third kappa shape index (κ3) is 3.15. The number of nitrogens with zero attached hydrogens (tertiary/aromatic N) is 3. The maximum absolute atomic E-state index is 13.2. The lowest BCUT2D eigenvalue weighted by Crippen LogP contribution is -2.26. The number of hydrogen-bond acceptors (Lipinski definition) is 6. The summed E-state index contributed by atoms with van der Waals surface area (Å²) >= 11 is 0. The standard InChI is InChI=1S/C18H19N3O5S/c1-12-9-10-13(11-16(12)25-3)27(23,24)21-15-8-6-5-7-14(15)17(19-21)18(22)20(2)26-4/h5-11H,1-4H3. The van der Waals surface area contributed by atoms with Gasteiger partial charge in [0.2, 0.25) is 0 Å². The van der Waals surface area contributed by atoms with E-state index < -0.39 is 15.9 Å². The van der Waals surface area contributed by atoms with Gasteiger partial charge >= 0.3 is 0 Å². The maximum atomic E-state index is 13.2. The second-order valence-corrected chi connectivity index (χ2v) is 7.60. The highest BCUT2D eigenvalue weighted by molar-refractivity contribution is 7.90. The Kier molecular flexibility index (Phi) is 4.90. The molecule has 3 rings (SSSR count). The first-order valence-corrected chi connectivity index (χ1v) is 9.45. The maximum Gasteiger partial charge on any atom is 0.298 e. The third-order valence-electron chi connectivity index (χ3n) is 4.22. The Morgan fingerprint density at radius 1 is 1.15 bits per heavy atom. The first kappa shape index (κ1) is 18.9. The van der Waals surface area contributed by atoms with Gasteiger partial charge in [-0.2, -0.15) is 17.6 Å². The summed E-state index contributed by atoms with van der Waals surface area (Å²) in [5.41, 5.74) is 1.09. The molecule has 0 unspecified atom stereocenters. The van der Waals surface area contributed by atoms with E-state index in [0.717, 1.165) is 14.7 Å². The van der Waals surface area contributed by atoms with Gasteiger partial charge in [0, 0.05) is 18.5 Å². The van der Waals surface area contributed by atoms with Crippen molar-refractivity contribution in [1.29, 1.82) is 0 Å². The van der Waals surface area contributed by atoms with Gasteiger partial charge in [-0.05, 0) is 24.6 Å². The largest absolute Gasteiger partial charge is 0.496 e. The smallest absolute Gasteiger partial charge is 0.298 e. The molecule has 0 aliphatic carbocycles. The Bertz CT molecular complexity index is 1120. The summed E-state index contributed by atoms with van der Waals surface area (Å²) in [6, 6.07) is 11.2. The molecule has 0 radical (unpaired) electrons. The summed E-state index contributed by atoms with van der Waals surface area (Å²) in [5.74, 6) is -0.105. The zero-order chi connectivity index (χ0) is 19.8. The Labute approximate surface area is 156 Å². The van der Waals surface area contributed by atoms with Gasteiger partial charge in [0.25, 0.3) is 15.9 Å². The second-order valence-electron chi connectivity index (χ2n) is 5.83. The lowest BCUT2D eigenvalue weighted by Gasteiger charge is -2.11. The van der Waals surface area contributed by atoms with E-state index in [1.165, 1.54) is 33.4 Å². The molecule has 0 N–H and O–H groups in total. The fourth-order valence-electron chi connectivity index (χ4n) is 2.67. The minimum atomic E-state index is -4.05. The first-order valence-electron chi connectivity index (χ1n) is 8.01. The molecule has 1 amide bonds. The summed E-state index contributed by atoms with van der Waals surface area (Å²) < 4.78 is 32.5. The van der Waals surface area contributed by atoms with Crippen molar-refractivity contribution in [3.05, 3.63) is 53.7 Å². The highest BCUT2D eigenvalue weighted by atomic mass is 32.2. The number of para-hydroxylation sites is 1. The SMILES string of the molecule is COc1cc(S(=O)(=O)n2nc(C(=O)N(C)OC)c3ccccc32)ccc1C. The van der Waals surface area contributed by atoms with Crippen molar-refractivity contribution in [3.8, 4) is 5.75 Å². The van der Waals surface area contributed by atoms with Crippen LogP contribution in [0.3, 0.4) is 0 Å². The summed E-state index contributed by atoms with van der Waals surface area (Å²) in [6.45, 7) is 1.82. The predicted molar refractivity (Wildman–Crippen MR) is 99.2 cm³/mol. The number of carbonyl (C=O) groups is 1. The number of amides is 1. The topological polar surface area (TPSA) is 90.7 Å². The normalized spacial score (nSPS) is 11.6. The molecular weight excluding hydrogens is 370 g/mol. The number of aromatic nitrogens is 2. The van der Waals surface area contributed by atoms with E-state index in [-0.39, 0.29) is 10.6 Å². The Morgan fingerprint density at radius 3 is 2.52 bits per heavy atom. The molecule has 0 spiro atoms. The highest BCUT2D eigenvalue weighted by Gasteiger charge is 2.27. The molecule has 8 nitrogen and oxygen atoms in total. The van der Waals surface area contributed by atoms with Gasteiger partial charge in [0.05, 0.1) is 24.6 Å². The average Bonchev–Trinajstić information content (AvgIpc) is 3.07. The van der Waals surface area contributed by atoms with Crippen LogP contribution in [0.25, 0.3) is 10.9 Å². The van der Waals surface area contributed by atoms with Gasteiger partial charge in [-0.3, -0.25) is 9.63 Å². The summed E-state index contributed by atoms with van der Waals surface area (Å²) in [5, 5.41) is 5.50. The van der Waals surface area contributed by atoms with Gasteiger partial charge in [0.1, 0.15) is 5.75 Å². The number of fused-ring (bicyclic) bond motifs is 1. The zero-order valence-corrected chi connectivity index (χ0v) is 16.1. The lowest BCUT2D eigenvalue weighted by molar-refractivity contribution is -0.0759. The van der Waals surface area contributed by atoms with Crippen molar-refractivity contribution in [2.24, 2.45) is 0 Å². The average molecular weight is 389 g/mol. The van der Waals surface area contributed by atoms with Crippen LogP contribution in [0.15, 0.2) is 47.4 Å². The van der Waals surface area contributed by atoms with Crippen molar-refractivity contribution in [3.63, 3.8) is 0 Å². The quantitative estimate of drug-likeness (QED) is 0.622. The van der Waals surface area contributed by atoms with Crippen LogP contribution >= 0.6 is 0 Å². The van der Waals surface area contributed by atoms with Gasteiger partial charge in [0.15, 0.2) is 5.69 Å². The van der Waals surface area contributed by atoms with Crippen LogP contribution in [0.5, 0.6) is 5.75 Å². The van der Waals surface area contributed by atoms with Crippen molar-refractivity contribution in [2.45, 2.75) is 11.8 Å². The van der Waals surface area contributed by atoms with E-state index in [1.54, 1.807) is 30.3 Å². The molecular formula is C18H19N3O5S. The molecule has 27 heavy (non-hydrogen) atoms. The van der Waals surface area contributed by atoms with Gasteiger partial charge < -0.3 is 4.74 Å². The first-order chi connectivity index (χ1) is 12.8. The molecule has 0 fully saturated rings. The van der Waals surface area contributed by atoms with Gasteiger partial charge in [-0.15, -0.1) is 0 Å². The van der Waals surface area contributed by atoms with E-state index in [0.29, 0.717) is 16.7 Å². The van der Waals surface area contributed by atoms with Crippen LogP contribution in [0, 0.1) is 6.92 Å². The minimum Gasteiger partial charge on any atom is -0.496 e. The second kappa shape index (κ2) is 7.01. The van der Waals surface area contributed by atoms with Crippen molar-refractivity contribution < 1.29 is 22.8 Å². The van der Waals surface area contributed by atoms with Gasteiger partial charge in [-0.1, -0.05) is 24.3 Å². The van der Waals surface area contributed by atoms with Crippen LogP contribution < -0.4 is 4.74 Å². The molecule has 0 aliphatic heterocycles. The molecule has 2 aromatic carbocycles. The molecule has 0 aliphatic rings. The number of methoxy groups -OCH3 is 1. The van der Waals surface area contributed by atoms with E-state index in [4.69, 9.17) is 9.57 Å². The number of ether oxygens (including phenoxy) is 1. The Morgan fingerprint density at radius 2 is 1.85 bits per heavy atom. The van der Waals surface area contributed by atoms with Crippen molar-refractivity contribution in [2.75, 3.05) is 21.3 Å². The predicted octanol–water partition coefficient (Wildman–Crippen LogP) is 2.22. The number of benzene rings is 2.